The second-order valence-electron chi connectivity index (χ2n) is 5.92. The number of nitrogens with zero attached hydrogens (tertiary/aromatic N) is 2. The lowest BCUT2D eigenvalue weighted by Crippen LogP contribution is -2.41. The minimum Gasteiger partial charge on any atom is -0.771 e. The molecule has 0 amide bonds. The molecule has 1 atom stereocenters. The number of thioether (sulfide) groups is 1. The molecule has 0 unspecified atom stereocenters. The van der Waals surface area contributed by atoms with Gasteiger partial charge in [0.15, 0.2) is 0 Å². The van der Waals surface area contributed by atoms with Gasteiger partial charge in [0.1, 0.15) is 6.04 Å². The van der Waals surface area contributed by atoms with Crippen LogP contribution in [0.2, 0.25) is 0 Å². The lowest BCUT2D eigenvalue weighted by atomic mass is 10.1. The third kappa shape index (κ3) is 3.96. The normalized spacial score (nSPS) is 13.1. The number of benzene rings is 2. The van der Waals surface area contributed by atoms with Gasteiger partial charge < -0.3 is 15.2 Å². The summed E-state index contributed by atoms with van der Waals surface area (Å²) in [5, 5.41) is 22.8. The molecule has 0 spiro atoms. The van der Waals surface area contributed by atoms with Crippen LogP contribution >= 0.6 is 11.8 Å². The van der Waals surface area contributed by atoms with E-state index in [4.69, 9.17) is 0 Å². The number of hydrogen-bond donors (Lipinski definition) is 1. The molecule has 2 aromatic carbocycles. The Morgan fingerprint density at radius 1 is 1.19 bits per heavy atom. The zero-order valence-electron chi connectivity index (χ0n) is 14.7. The number of aliphatic carboxylic acids is 1. The van der Waals surface area contributed by atoms with Crippen molar-refractivity contribution in [2.45, 2.75) is 17.4 Å². The van der Waals surface area contributed by atoms with E-state index >= 15 is 0 Å². The minimum absolute atomic E-state index is 0.0626. The molecule has 0 aliphatic heterocycles. The van der Waals surface area contributed by atoms with Crippen LogP contribution in [0.15, 0.2) is 41.3 Å². The lowest BCUT2D eigenvalue weighted by molar-refractivity contribution is -0.140. The van der Waals surface area contributed by atoms with Crippen LogP contribution in [0.3, 0.4) is 0 Å². The van der Waals surface area contributed by atoms with Crippen LogP contribution in [0.1, 0.15) is 6.42 Å². The molecule has 1 N–H and O–H groups in total. The summed E-state index contributed by atoms with van der Waals surface area (Å²) >= 11 is 1.35. The van der Waals surface area contributed by atoms with Crippen LogP contribution in [-0.4, -0.2) is 56.1 Å². The predicted molar refractivity (Wildman–Crippen MR) is 105 cm³/mol. The van der Waals surface area contributed by atoms with Crippen molar-refractivity contribution in [1.82, 2.24) is 4.47 Å². The van der Waals surface area contributed by atoms with Crippen LogP contribution in [-0.2, 0) is 14.8 Å². The molecular weight excluding hydrogens is 376 g/mol. The standard InChI is InChI=1S/C17H21N2O5S2/c1-18(2)14-8-4-7-13-12(14)6-5-9-16(13)26(23,24)19(22)15(17(20)21)10-11-25-3/h4-9,15H,10-11H2,1-3H3,(H,20,21)/q-1/t15-/m0/s1. The maximum atomic E-state index is 12.9. The van der Waals surface area contributed by atoms with Crippen molar-refractivity contribution in [3.8, 4) is 0 Å². The van der Waals surface area contributed by atoms with Crippen molar-refractivity contribution in [2.24, 2.45) is 0 Å². The lowest BCUT2D eigenvalue weighted by Gasteiger charge is -2.33. The summed E-state index contributed by atoms with van der Waals surface area (Å²) < 4.78 is 25.5. The van der Waals surface area contributed by atoms with Crippen LogP contribution in [0.25, 0.3) is 10.8 Å². The maximum absolute atomic E-state index is 12.9. The molecule has 0 heterocycles. The van der Waals surface area contributed by atoms with Gasteiger partial charge in [-0.05, 0) is 30.6 Å². The van der Waals surface area contributed by atoms with E-state index in [1.54, 1.807) is 30.5 Å². The van der Waals surface area contributed by atoms with E-state index in [-0.39, 0.29) is 15.8 Å². The molecule has 26 heavy (non-hydrogen) atoms. The van der Waals surface area contributed by atoms with E-state index in [1.165, 1.54) is 17.8 Å². The SMILES string of the molecule is CSCC[C@@H](C(=O)O)N([O-])S(=O)(=O)c1cccc2c(N(C)C)cccc12. The van der Waals surface area contributed by atoms with Gasteiger partial charge >= 0.3 is 5.97 Å². The molecule has 0 saturated heterocycles. The topological polar surface area (TPSA) is 101 Å². The number of carbonyl (C=O) groups is 1. The zero-order chi connectivity index (χ0) is 19.5. The highest BCUT2D eigenvalue weighted by molar-refractivity contribution is 7.98. The third-order valence-corrected chi connectivity index (χ3v) is 6.27. The molecular formula is C17H21N2O5S2-. The second-order valence-corrected chi connectivity index (χ2v) is 8.65. The van der Waals surface area contributed by atoms with Crippen LogP contribution in [0, 0.1) is 5.21 Å². The van der Waals surface area contributed by atoms with Gasteiger partial charge in [0.25, 0.3) is 0 Å². The van der Waals surface area contributed by atoms with Gasteiger partial charge in [0.2, 0.25) is 10.0 Å². The fraction of sp³-hybridized carbons (Fsp3) is 0.353. The van der Waals surface area contributed by atoms with Crippen molar-refractivity contribution in [2.75, 3.05) is 31.0 Å². The summed E-state index contributed by atoms with van der Waals surface area (Å²) in [5.41, 5.74) is 0.800. The zero-order valence-corrected chi connectivity index (χ0v) is 16.4. The molecule has 0 saturated carbocycles. The van der Waals surface area contributed by atoms with Crippen molar-refractivity contribution in [3.63, 3.8) is 0 Å². The smallest absolute Gasteiger partial charge is 0.320 e. The van der Waals surface area contributed by atoms with Crippen molar-refractivity contribution < 1.29 is 18.3 Å². The number of hydrogen-bond acceptors (Lipinski definition) is 6. The first-order chi connectivity index (χ1) is 12.2. The van der Waals surface area contributed by atoms with Crippen molar-refractivity contribution in [3.05, 3.63) is 41.6 Å². The summed E-state index contributed by atoms with van der Waals surface area (Å²) in [6.07, 6.45) is 1.70. The number of fused-ring (bicyclic) bond motifs is 1. The first-order valence-electron chi connectivity index (χ1n) is 7.84. The summed E-state index contributed by atoms with van der Waals surface area (Å²) in [7, 11) is -0.849. The van der Waals surface area contributed by atoms with E-state index in [0.29, 0.717) is 16.5 Å². The molecule has 2 aromatic rings. The Morgan fingerprint density at radius 3 is 2.38 bits per heavy atom. The first-order valence-corrected chi connectivity index (χ1v) is 10.7. The van der Waals surface area contributed by atoms with Gasteiger partial charge in [-0.3, -0.25) is 9.26 Å². The average molecular weight is 397 g/mol. The van der Waals surface area contributed by atoms with E-state index in [9.17, 15) is 23.5 Å². The van der Waals surface area contributed by atoms with E-state index < -0.39 is 22.0 Å². The Kier molecular flexibility index (Phi) is 6.51. The van der Waals surface area contributed by atoms with E-state index in [0.717, 1.165) is 5.69 Å². The molecule has 0 radical (unpaired) electrons. The number of rotatable bonds is 8. The first kappa shape index (κ1) is 20.5. The van der Waals surface area contributed by atoms with Crippen molar-refractivity contribution in [1.29, 1.82) is 0 Å². The van der Waals surface area contributed by atoms with Crippen molar-refractivity contribution >= 4 is 44.2 Å². The largest absolute Gasteiger partial charge is 0.771 e. The summed E-state index contributed by atoms with van der Waals surface area (Å²) in [6, 6.07) is 8.14. The summed E-state index contributed by atoms with van der Waals surface area (Å²) in [4.78, 5) is 13.1. The van der Waals surface area contributed by atoms with Crippen LogP contribution < -0.4 is 4.90 Å². The number of carboxylic acids is 1. The number of sulfonamides is 1. The van der Waals surface area contributed by atoms with Gasteiger partial charge in [-0.1, -0.05) is 24.3 Å². The minimum atomic E-state index is -4.51. The Balaban J connectivity index is 2.58. The fourth-order valence-corrected chi connectivity index (χ4v) is 4.58. The third-order valence-electron chi connectivity index (χ3n) is 3.99. The summed E-state index contributed by atoms with van der Waals surface area (Å²) in [5.74, 6) is -1.09. The average Bonchev–Trinajstić information content (AvgIpc) is 2.60. The van der Waals surface area contributed by atoms with Gasteiger partial charge in [-0.15, -0.1) is 0 Å². The Hall–Kier alpha value is -1.81. The van der Waals surface area contributed by atoms with Gasteiger partial charge in [0, 0.05) is 30.6 Å². The number of hydroxylamine groups is 1. The molecule has 7 nitrogen and oxygen atoms in total. The highest BCUT2D eigenvalue weighted by Crippen LogP contribution is 2.32. The fourth-order valence-electron chi connectivity index (χ4n) is 2.69. The van der Waals surface area contributed by atoms with Crippen LogP contribution in [0.5, 0.6) is 0 Å². The Labute approximate surface area is 157 Å². The molecule has 0 aromatic heterocycles. The monoisotopic (exact) mass is 397 g/mol. The molecule has 0 aliphatic rings. The maximum Gasteiger partial charge on any atom is 0.320 e. The van der Waals surface area contributed by atoms with Gasteiger partial charge in [-0.25, -0.2) is 8.42 Å². The molecule has 0 bridgehead atoms. The summed E-state index contributed by atoms with van der Waals surface area (Å²) in [6.45, 7) is 0. The molecule has 2 rings (SSSR count). The van der Waals surface area contributed by atoms with E-state index in [1.807, 2.05) is 25.1 Å². The Bertz CT molecular complexity index is 899. The number of anilines is 1. The quantitative estimate of drug-likeness (QED) is 0.683. The molecule has 142 valence electrons. The highest BCUT2D eigenvalue weighted by Gasteiger charge is 2.30. The van der Waals surface area contributed by atoms with Gasteiger partial charge in [0.05, 0.1) is 4.90 Å². The second kappa shape index (κ2) is 8.26. The molecule has 0 fully saturated rings. The number of carboxylic acid groups (broad SMARTS) is 1. The highest BCUT2D eigenvalue weighted by atomic mass is 32.2. The molecule has 9 heteroatoms. The Morgan fingerprint density at radius 2 is 1.81 bits per heavy atom. The molecule has 0 aliphatic carbocycles. The van der Waals surface area contributed by atoms with Crippen LogP contribution in [0.4, 0.5) is 5.69 Å². The van der Waals surface area contributed by atoms with Gasteiger partial charge in [-0.2, -0.15) is 11.8 Å². The van der Waals surface area contributed by atoms with E-state index in [2.05, 4.69) is 0 Å². The predicted octanol–water partition coefficient (Wildman–Crippen LogP) is 2.60.